The molecule has 0 radical (unpaired) electrons. The Kier molecular flexibility index (Phi) is 5.67. The molecule has 0 saturated heterocycles. The van der Waals surface area contributed by atoms with E-state index in [1.807, 2.05) is 6.92 Å². The molecule has 1 rings (SSSR count). The summed E-state index contributed by atoms with van der Waals surface area (Å²) in [5.41, 5.74) is 2.44. The van der Waals surface area contributed by atoms with Crippen molar-refractivity contribution in [1.29, 1.82) is 5.41 Å². The number of nitrogens with zero attached hydrogens (tertiary/aromatic N) is 1. The first-order chi connectivity index (χ1) is 8.91. The average Bonchev–Trinajstić information content (AvgIpc) is 2.34. The van der Waals surface area contributed by atoms with E-state index in [4.69, 9.17) is 10.1 Å². The third-order valence-electron chi connectivity index (χ3n) is 3.12. The average molecular weight is 262 g/mol. The van der Waals surface area contributed by atoms with Crippen molar-refractivity contribution in [3.63, 3.8) is 0 Å². The highest BCUT2D eigenvalue weighted by molar-refractivity contribution is 5.99. The number of allylic oxidation sites excluding steroid dienone is 2. The van der Waals surface area contributed by atoms with E-state index >= 15 is 0 Å². The molecule has 0 aromatic rings. The van der Waals surface area contributed by atoms with Gasteiger partial charge < -0.3 is 10.1 Å². The van der Waals surface area contributed by atoms with Gasteiger partial charge in [-0.05, 0) is 40.2 Å². The molecular weight excluding hydrogens is 240 g/mol. The van der Waals surface area contributed by atoms with Crippen LogP contribution in [0.2, 0.25) is 0 Å². The van der Waals surface area contributed by atoms with Crippen LogP contribution in [0.15, 0.2) is 28.5 Å². The standard InChI is InChI=1S/C15H22N2O2/c1-10(16)8-15(11(2)13(4)18)19-9-14-6-5-7-17-12(14)3/h6,8,11,16H,5,7,9H2,1-4H3/b15-8+,16-10?. The van der Waals surface area contributed by atoms with Gasteiger partial charge in [0.15, 0.2) is 0 Å². The number of hydrogen-bond donors (Lipinski definition) is 1. The van der Waals surface area contributed by atoms with Crippen LogP contribution in [0.5, 0.6) is 0 Å². The maximum atomic E-state index is 11.5. The number of ketones is 1. The molecule has 1 aliphatic rings. The summed E-state index contributed by atoms with van der Waals surface area (Å²) in [7, 11) is 0. The zero-order valence-electron chi connectivity index (χ0n) is 12.1. The lowest BCUT2D eigenvalue weighted by molar-refractivity contribution is -0.120. The van der Waals surface area contributed by atoms with E-state index < -0.39 is 0 Å². The molecule has 1 aliphatic heterocycles. The number of aliphatic imine (C=N–C) groups is 1. The summed E-state index contributed by atoms with van der Waals surface area (Å²) in [6.45, 7) is 8.21. The molecule has 0 spiro atoms. The van der Waals surface area contributed by atoms with Gasteiger partial charge in [0.2, 0.25) is 0 Å². The summed E-state index contributed by atoms with van der Waals surface area (Å²) >= 11 is 0. The number of dihydropyridines is 1. The van der Waals surface area contributed by atoms with Gasteiger partial charge in [0.25, 0.3) is 0 Å². The Morgan fingerprint density at radius 3 is 2.79 bits per heavy atom. The van der Waals surface area contributed by atoms with Crippen LogP contribution in [-0.4, -0.2) is 30.4 Å². The molecule has 1 N–H and O–H groups in total. The topological polar surface area (TPSA) is 62.5 Å². The number of carbonyl (C=O) groups is 1. The second-order valence-electron chi connectivity index (χ2n) is 4.84. The van der Waals surface area contributed by atoms with Gasteiger partial charge in [-0.25, -0.2) is 0 Å². The van der Waals surface area contributed by atoms with E-state index in [2.05, 4.69) is 11.1 Å². The van der Waals surface area contributed by atoms with Crippen molar-refractivity contribution in [2.75, 3.05) is 13.2 Å². The van der Waals surface area contributed by atoms with Crippen molar-refractivity contribution < 1.29 is 9.53 Å². The Morgan fingerprint density at radius 2 is 2.26 bits per heavy atom. The van der Waals surface area contributed by atoms with Crippen LogP contribution in [0, 0.1) is 11.3 Å². The molecule has 4 nitrogen and oxygen atoms in total. The number of ether oxygens (including phenoxy) is 1. The third kappa shape index (κ3) is 4.81. The van der Waals surface area contributed by atoms with Gasteiger partial charge in [-0.1, -0.05) is 6.08 Å². The van der Waals surface area contributed by atoms with Gasteiger partial charge in [-0.3, -0.25) is 9.79 Å². The predicted molar refractivity (Wildman–Crippen MR) is 78.0 cm³/mol. The minimum absolute atomic E-state index is 0.0375. The number of hydrogen-bond acceptors (Lipinski definition) is 4. The maximum absolute atomic E-state index is 11.5. The first-order valence-corrected chi connectivity index (χ1v) is 6.52. The van der Waals surface area contributed by atoms with Crippen LogP contribution in [-0.2, 0) is 9.53 Å². The SMILES string of the molecule is CC(=N)/C=C(/OCC1=CCCN=C1C)C(C)C(C)=O. The first-order valence-electron chi connectivity index (χ1n) is 6.52. The van der Waals surface area contributed by atoms with Crippen molar-refractivity contribution in [3.8, 4) is 0 Å². The largest absolute Gasteiger partial charge is 0.492 e. The lowest BCUT2D eigenvalue weighted by Gasteiger charge is -2.18. The van der Waals surface area contributed by atoms with Crippen molar-refractivity contribution in [2.45, 2.75) is 34.1 Å². The summed E-state index contributed by atoms with van der Waals surface area (Å²) in [5.74, 6) is 0.275. The van der Waals surface area contributed by atoms with Crippen molar-refractivity contribution in [3.05, 3.63) is 23.5 Å². The lowest BCUT2D eigenvalue weighted by Crippen LogP contribution is -2.16. The molecule has 0 bridgehead atoms. The number of carbonyl (C=O) groups excluding carboxylic acids is 1. The molecule has 4 heteroatoms. The zero-order valence-corrected chi connectivity index (χ0v) is 12.1. The van der Waals surface area contributed by atoms with Crippen molar-refractivity contribution >= 4 is 17.2 Å². The fourth-order valence-electron chi connectivity index (χ4n) is 1.75. The van der Waals surface area contributed by atoms with Gasteiger partial charge in [0.1, 0.15) is 18.1 Å². The zero-order chi connectivity index (χ0) is 14.4. The summed E-state index contributed by atoms with van der Waals surface area (Å²) in [6, 6.07) is 0. The quantitative estimate of drug-likeness (QED) is 0.591. The normalized spacial score (nSPS) is 17.4. The summed E-state index contributed by atoms with van der Waals surface area (Å²) in [5, 5.41) is 7.52. The number of rotatable bonds is 6. The molecule has 0 amide bonds. The van der Waals surface area contributed by atoms with E-state index in [9.17, 15) is 4.79 Å². The summed E-state index contributed by atoms with van der Waals surface area (Å²) in [6.07, 6.45) is 4.67. The van der Waals surface area contributed by atoms with Gasteiger partial charge in [-0.15, -0.1) is 0 Å². The highest BCUT2D eigenvalue weighted by Gasteiger charge is 2.17. The van der Waals surface area contributed by atoms with Crippen LogP contribution in [0.3, 0.4) is 0 Å². The molecule has 19 heavy (non-hydrogen) atoms. The van der Waals surface area contributed by atoms with Gasteiger partial charge in [-0.2, -0.15) is 0 Å². The molecule has 1 heterocycles. The minimum Gasteiger partial charge on any atom is -0.492 e. The van der Waals surface area contributed by atoms with E-state index in [0.29, 0.717) is 18.1 Å². The molecule has 0 fully saturated rings. The van der Waals surface area contributed by atoms with Crippen LogP contribution in [0.4, 0.5) is 0 Å². The van der Waals surface area contributed by atoms with Crippen LogP contribution in [0.1, 0.15) is 34.1 Å². The summed E-state index contributed by atoms with van der Waals surface area (Å²) in [4.78, 5) is 15.8. The highest BCUT2D eigenvalue weighted by atomic mass is 16.5. The molecule has 104 valence electrons. The van der Waals surface area contributed by atoms with E-state index in [1.165, 1.54) is 6.92 Å². The van der Waals surface area contributed by atoms with Crippen molar-refractivity contribution in [2.24, 2.45) is 10.9 Å². The predicted octanol–water partition coefficient (Wildman–Crippen LogP) is 2.94. The fourth-order valence-corrected chi connectivity index (χ4v) is 1.75. The number of Topliss-reactive ketones (excluding diaryl/α,β-unsaturated/α-hetero) is 1. The minimum atomic E-state index is -0.318. The lowest BCUT2D eigenvalue weighted by atomic mass is 10.0. The summed E-state index contributed by atoms with van der Waals surface area (Å²) < 4.78 is 5.74. The maximum Gasteiger partial charge on any atom is 0.140 e. The second-order valence-corrected chi connectivity index (χ2v) is 4.84. The molecule has 0 aromatic heterocycles. The van der Waals surface area contributed by atoms with Gasteiger partial charge in [0.05, 0.1) is 5.92 Å². The molecule has 0 saturated carbocycles. The molecule has 1 atom stereocenters. The Balaban J connectivity index is 2.74. The Hall–Kier alpha value is -1.71. The van der Waals surface area contributed by atoms with Crippen LogP contribution >= 0.6 is 0 Å². The highest BCUT2D eigenvalue weighted by Crippen LogP contribution is 2.16. The molecule has 0 aromatic carbocycles. The third-order valence-corrected chi connectivity index (χ3v) is 3.12. The Labute approximate surface area is 114 Å². The Bertz CT molecular complexity index is 459. The van der Waals surface area contributed by atoms with Crippen LogP contribution < -0.4 is 0 Å². The fraction of sp³-hybridized carbons (Fsp3) is 0.533. The van der Waals surface area contributed by atoms with E-state index in [1.54, 1.807) is 19.9 Å². The molecule has 0 aliphatic carbocycles. The molecular formula is C15H22N2O2. The van der Waals surface area contributed by atoms with Gasteiger partial charge >= 0.3 is 0 Å². The smallest absolute Gasteiger partial charge is 0.140 e. The van der Waals surface area contributed by atoms with E-state index in [-0.39, 0.29) is 11.7 Å². The van der Waals surface area contributed by atoms with Crippen molar-refractivity contribution in [1.82, 2.24) is 0 Å². The second kappa shape index (κ2) is 7.02. The van der Waals surface area contributed by atoms with Gasteiger partial charge in [0, 0.05) is 23.5 Å². The monoisotopic (exact) mass is 262 g/mol. The number of nitrogens with one attached hydrogen (secondary N) is 1. The first kappa shape index (κ1) is 15.3. The van der Waals surface area contributed by atoms with Crippen LogP contribution in [0.25, 0.3) is 0 Å². The Morgan fingerprint density at radius 1 is 1.58 bits per heavy atom. The molecule has 1 unspecified atom stereocenters. The van der Waals surface area contributed by atoms with E-state index in [0.717, 1.165) is 24.3 Å².